The summed E-state index contributed by atoms with van der Waals surface area (Å²) in [5.41, 5.74) is 1.25. The average molecular weight is 404 g/mol. The molecule has 0 radical (unpaired) electrons. The SMILES string of the molecule is CN(C)Cc1nc(C(=O)N2CCc3oc(-c4cc(F)cc(F)c4)nc3C2)cs1. The van der Waals surface area contributed by atoms with Gasteiger partial charge >= 0.3 is 0 Å². The van der Waals surface area contributed by atoms with E-state index in [1.807, 2.05) is 19.0 Å². The second kappa shape index (κ2) is 7.40. The molecule has 0 saturated carbocycles. The molecule has 1 amide bonds. The Morgan fingerprint density at radius 1 is 1.25 bits per heavy atom. The summed E-state index contributed by atoms with van der Waals surface area (Å²) in [6.45, 7) is 1.42. The lowest BCUT2D eigenvalue weighted by molar-refractivity contribution is 0.0722. The van der Waals surface area contributed by atoms with Gasteiger partial charge in [-0.05, 0) is 26.2 Å². The molecule has 146 valence electrons. The standard InChI is InChI=1S/C19H18F2N4O2S/c1-24(2)9-17-22-15(10-28-17)19(26)25-4-3-16-14(8-25)23-18(27-16)11-5-12(20)7-13(21)6-11/h5-7,10H,3-4,8-9H2,1-2H3. The topological polar surface area (TPSA) is 62.5 Å². The van der Waals surface area contributed by atoms with Crippen molar-refractivity contribution in [3.63, 3.8) is 0 Å². The molecule has 3 aromatic rings. The molecule has 0 unspecified atom stereocenters. The fourth-order valence-corrected chi connectivity index (χ4v) is 3.97. The first-order chi connectivity index (χ1) is 13.4. The number of oxazole rings is 1. The van der Waals surface area contributed by atoms with E-state index in [0.29, 0.717) is 36.7 Å². The van der Waals surface area contributed by atoms with Crippen LogP contribution in [-0.2, 0) is 19.5 Å². The highest BCUT2D eigenvalue weighted by Crippen LogP contribution is 2.28. The maximum Gasteiger partial charge on any atom is 0.273 e. The predicted octanol–water partition coefficient (Wildman–Crippen LogP) is 3.34. The molecule has 3 heterocycles. The molecule has 0 saturated heterocycles. The van der Waals surface area contributed by atoms with E-state index in [2.05, 4.69) is 9.97 Å². The molecule has 0 atom stereocenters. The normalized spacial score (nSPS) is 13.8. The maximum absolute atomic E-state index is 13.5. The monoisotopic (exact) mass is 404 g/mol. The van der Waals surface area contributed by atoms with Crippen molar-refractivity contribution in [2.24, 2.45) is 0 Å². The van der Waals surface area contributed by atoms with Gasteiger partial charge in [-0.2, -0.15) is 0 Å². The minimum absolute atomic E-state index is 0.152. The van der Waals surface area contributed by atoms with Crippen LogP contribution in [0, 0.1) is 11.6 Å². The van der Waals surface area contributed by atoms with Gasteiger partial charge in [0, 0.05) is 36.5 Å². The van der Waals surface area contributed by atoms with Gasteiger partial charge in [0.25, 0.3) is 5.91 Å². The molecular weight excluding hydrogens is 386 g/mol. The summed E-state index contributed by atoms with van der Waals surface area (Å²) in [5.74, 6) is -0.761. The van der Waals surface area contributed by atoms with Gasteiger partial charge in [0.15, 0.2) is 0 Å². The Morgan fingerprint density at radius 3 is 2.71 bits per heavy atom. The first kappa shape index (κ1) is 18.7. The third-order valence-electron chi connectivity index (χ3n) is 4.35. The van der Waals surface area contributed by atoms with E-state index in [-0.39, 0.29) is 23.9 Å². The predicted molar refractivity (Wildman–Crippen MR) is 99.8 cm³/mol. The molecule has 9 heteroatoms. The molecule has 0 spiro atoms. The Labute approximate surface area is 164 Å². The van der Waals surface area contributed by atoms with Crippen LogP contribution in [0.25, 0.3) is 11.5 Å². The number of hydrogen-bond acceptors (Lipinski definition) is 6. The molecule has 6 nitrogen and oxygen atoms in total. The molecule has 1 aliphatic heterocycles. The minimum Gasteiger partial charge on any atom is -0.441 e. The number of carbonyl (C=O) groups is 1. The Morgan fingerprint density at radius 2 is 2.00 bits per heavy atom. The van der Waals surface area contributed by atoms with E-state index in [4.69, 9.17) is 4.42 Å². The summed E-state index contributed by atoms with van der Waals surface area (Å²) >= 11 is 1.45. The summed E-state index contributed by atoms with van der Waals surface area (Å²) in [6, 6.07) is 3.14. The number of carbonyl (C=O) groups excluding carboxylic acids is 1. The summed E-state index contributed by atoms with van der Waals surface area (Å²) in [7, 11) is 3.89. The van der Waals surface area contributed by atoms with E-state index >= 15 is 0 Å². The first-order valence-corrected chi connectivity index (χ1v) is 9.60. The smallest absolute Gasteiger partial charge is 0.273 e. The first-order valence-electron chi connectivity index (χ1n) is 8.72. The van der Waals surface area contributed by atoms with Crippen LogP contribution in [-0.4, -0.2) is 46.3 Å². The molecular formula is C19H18F2N4O2S. The van der Waals surface area contributed by atoms with Crippen molar-refractivity contribution in [2.45, 2.75) is 19.5 Å². The van der Waals surface area contributed by atoms with Gasteiger partial charge in [0.05, 0.1) is 6.54 Å². The van der Waals surface area contributed by atoms with Crippen LogP contribution in [0.2, 0.25) is 0 Å². The number of hydrogen-bond donors (Lipinski definition) is 0. The van der Waals surface area contributed by atoms with Crippen molar-refractivity contribution in [1.82, 2.24) is 19.8 Å². The summed E-state index contributed by atoms with van der Waals surface area (Å²) < 4.78 is 32.6. The van der Waals surface area contributed by atoms with Crippen LogP contribution in [0.4, 0.5) is 8.78 Å². The third-order valence-corrected chi connectivity index (χ3v) is 5.18. The van der Waals surface area contributed by atoms with Gasteiger partial charge in [-0.15, -0.1) is 11.3 Å². The Bertz CT molecular complexity index is 1010. The highest BCUT2D eigenvalue weighted by molar-refractivity contribution is 7.09. The molecule has 0 N–H and O–H groups in total. The zero-order valence-corrected chi connectivity index (χ0v) is 16.2. The van der Waals surface area contributed by atoms with Crippen molar-refractivity contribution in [3.8, 4) is 11.5 Å². The highest BCUT2D eigenvalue weighted by atomic mass is 32.1. The van der Waals surface area contributed by atoms with E-state index < -0.39 is 11.6 Å². The molecule has 2 aromatic heterocycles. The maximum atomic E-state index is 13.5. The lowest BCUT2D eigenvalue weighted by atomic mass is 10.1. The molecule has 0 aliphatic carbocycles. The molecule has 1 aromatic carbocycles. The van der Waals surface area contributed by atoms with Gasteiger partial charge in [0.2, 0.25) is 5.89 Å². The van der Waals surface area contributed by atoms with Gasteiger partial charge in [0.1, 0.15) is 33.8 Å². The lowest BCUT2D eigenvalue weighted by Gasteiger charge is -2.24. The quantitative estimate of drug-likeness (QED) is 0.668. The molecule has 0 bridgehead atoms. The van der Waals surface area contributed by atoms with Crippen molar-refractivity contribution < 1.29 is 18.0 Å². The molecule has 0 fully saturated rings. The van der Waals surface area contributed by atoms with Gasteiger partial charge in [-0.3, -0.25) is 4.79 Å². The summed E-state index contributed by atoms with van der Waals surface area (Å²) in [6.07, 6.45) is 0.487. The van der Waals surface area contributed by atoms with Gasteiger partial charge in [-0.25, -0.2) is 18.7 Å². The second-order valence-corrected chi connectivity index (χ2v) is 7.83. The Hall–Kier alpha value is -2.65. The van der Waals surface area contributed by atoms with Crippen molar-refractivity contribution in [3.05, 3.63) is 57.4 Å². The molecule has 28 heavy (non-hydrogen) atoms. The van der Waals surface area contributed by atoms with Crippen LogP contribution in [0.15, 0.2) is 28.0 Å². The number of nitrogens with zero attached hydrogens (tertiary/aromatic N) is 4. The van der Waals surface area contributed by atoms with E-state index in [0.717, 1.165) is 11.1 Å². The van der Waals surface area contributed by atoms with Crippen LogP contribution >= 0.6 is 11.3 Å². The fourth-order valence-electron chi connectivity index (χ4n) is 3.09. The molecule has 1 aliphatic rings. The fraction of sp³-hybridized carbons (Fsp3) is 0.316. The van der Waals surface area contributed by atoms with E-state index in [1.54, 1.807) is 10.3 Å². The zero-order valence-electron chi connectivity index (χ0n) is 15.4. The summed E-state index contributed by atoms with van der Waals surface area (Å²) in [4.78, 5) is 25.2. The summed E-state index contributed by atoms with van der Waals surface area (Å²) in [5, 5.41) is 2.64. The third kappa shape index (κ3) is 3.81. The Kier molecular flexibility index (Phi) is 4.94. The number of halogens is 2. The van der Waals surface area contributed by atoms with Crippen molar-refractivity contribution in [2.75, 3.05) is 20.6 Å². The second-order valence-electron chi connectivity index (χ2n) is 6.89. The number of aromatic nitrogens is 2. The van der Waals surface area contributed by atoms with E-state index in [9.17, 15) is 13.6 Å². The number of amides is 1. The molecule has 4 rings (SSSR count). The lowest BCUT2D eigenvalue weighted by Crippen LogP contribution is -2.36. The Balaban J connectivity index is 1.52. The van der Waals surface area contributed by atoms with Crippen LogP contribution < -0.4 is 0 Å². The largest absolute Gasteiger partial charge is 0.441 e. The number of rotatable bonds is 4. The van der Waals surface area contributed by atoms with Gasteiger partial charge in [-0.1, -0.05) is 0 Å². The highest BCUT2D eigenvalue weighted by Gasteiger charge is 2.28. The number of fused-ring (bicyclic) bond motifs is 1. The van der Waals surface area contributed by atoms with Crippen molar-refractivity contribution in [1.29, 1.82) is 0 Å². The average Bonchev–Trinajstić information content (AvgIpc) is 3.25. The zero-order chi connectivity index (χ0) is 19.8. The van der Waals surface area contributed by atoms with Crippen LogP contribution in [0.5, 0.6) is 0 Å². The minimum atomic E-state index is -0.694. The van der Waals surface area contributed by atoms with Crippen LogP contribution in [0.3, 0.4) is 0 Å². The van der Waals surface area contributed by atoms with E-state index in [1.165, 1.54) is 23.5 Å². The number of benzene rings is 1. The number of thiazole rings is 1. The van der Waals surface area contributed by atoms with Crippen molar-refractivity contribution >= 4 is 17.2 Å². The van der Waals surface area contributed by atoms with Crippen LogP contribution in [0.1, 0.15) is 27.0 Å². The van der Waals surface area contributed by atoms with Gasteiger partial charge < -0.3 is 14.2 Å².